The highest BCUT2D eigenvalue weighted by Gasteiger charge is 2.22. The molecule has 0 saturated heterocycles. The van der Waals surface area contributed by atoms with Gasteiger partial charge in [0, 0.05) is 22.5 Å². The van der Waals surface area contributed by atoms with Gasteiger partial charge in [-0.1, -0.05) is 65.0 Å². The smallest absolute Gasteiger partial charge is 0.139 e. The maximum absolute atomic E-state index is 6.47. The minimum atomic E-state index is 0.00554. The molecule has 186 valence electrons. The quantitative estimate of drug-likeness (QED) is 0.248. The number of furan rings is 2. The Morgan fingerprint density at radius 2 is 1.59 bits per heavy atom. The largest absolute Gasteiger partial charge is 0.461 e. The zero-order chi connectivity index (χ0) is 25.9. The van der Waals surface area contributed by atoms with Crippen LogP contribution in [0, 0.1) is 12.8 Å². The Morgan fingerprint density at radius 1 is 0.811 bits per heavy atom. The molecule has 3 aromatic heterocycles. The highest BCUT2D eigenvalue weighted by atomic mass is 16.4. The summed E-state index contributed by atoms with van der Waals surface area (Å²) in [4.78, 5) is 4.85. The van der Waals surface area contributed by atoms with Gasteiger partial charge in [-0.3, -0.25) is 4.98 Å². The monoisotopic (exact) mass is 487 g/mol. The Morgan fingerprint density at radius 3 is 2.38 bits per heavy atom. The Labute approximate surface area is 218 Å². The molecule has 0 aliphatic rings. The summed E-state index contributed by atoms with van der Waals surface area (Å²) in [7, 11) is 0. The van der Waals surface area contributed by atoms with Crippen LogP contribution in [0.3, 0.4) is 0 Å². The zero-order valence-electron chi connectivity index (χ0n) is 22.5. The Bertz CT molecular complexity index is 1780. The Kier molecular flexibility index (Phi) is 5.49. The van der Waals surface area contributed by atoms with E-state index in [0.29, 0.717) is 5.92 Å². The van der Waals surface area contributed by atoms with Gasteiger partial charge < -0.3 is 8.83 Å². The summed E-state index contributed by atoms with van der Waals surface area (Å²) in [6.45, 7) is 13.3. The van der Waals surface area contributed by atoms with Gasteiger partial charge in [0.1, 0.15) is 22.7 Å². The summed E-state index contributed by atoms with van der Waals surface area (Å²) in [6.07, 6.45) is 2.88. The van der Waals surface area contributed by atoms with Gasteiger partial charge in [-0.2, -0.15) is 0 Å². The van der Waals surface area contributed by atoms with Crippen LogP contribution in [0.25, 0.3) is 55.3 Å². The first-order valence-electron chi connectivity index (χ1n) is 13.1. The van der Waals surface area contributed by atoms with E-state index >= 15 is 0 Å². The fourth-order valence-corrected chi connectivity index (χ4v) is 5.56. The fraction of sp³-hybridized carbons (Fsp3) is 0.265. The average Bonchev–Trinajstić information content (AvgIpc) is 3.41. The van der Waals surface area contributed by atoms with Crippen molar-refractivity contribution in [2.75, 3.05) is 0 Å². The molecule has 0 atom stereocenters. The standard InChI is InChI=1S/C34H33NO2/c1-20(2)15-22-11-12-29-26(16-22)32(21(3)36-29)31-19-27-30(37-31)13-14-35-33(27)24-17-23-9-7-8-10-25(23)28(18-24)34(4,5)6/h7-14,16-20H,15H2,1-6H3. The van der Waals surface area contributed by atoms with E-state index in [4.69, 9.17) is 13.8 Å². The molecule has 0 fully saturated rings. The normalized spacial score (nSPS) is 12.4. The van der Waals surface area contributed by atoms with E-state index in [1.54, 1.807) is 0 Å². The SMILES string of the molecule is Cc1oc2ccc(CC(C)C)cc2c1-c1cc2c(-c3cc(C(C)(C)C)c4ccccc4c3)nccc2o1. The first-order chi connectivity index (χ1) is 17.7. The van der Waals surface area contributed by atoms with Crippen molar-refractivity contribution < 1.29 is 8.83 Å². The van der Waals surface area contributed by atoms with Crippen molar-refractivity contribution in [3.8, 4) is 22.6 Å². The fourth-order valence-electron chi connectivity index (χ4n) is 5.56. The van der Waals surface area contributed by atoms with Gasteiger partial charge in [0.2, 0.25) is 0 Å². The molecule has 0 spiro atoms. The van der Waals surface area contributed by atoms with Crippen LogP contribution in [-0.4, -0.2) is 4.98 Å². The van der Waals surface area contributed by atoms with Crippen LogP contribution in [0.4, 0.5) is 0 Å². The van der Waals surface area contributed by atoms with Crippen LogP contribution >= 0.6 is 0 Å². The lowest BCUT2D eigenvalue weighted by atomic mass is 9.82. The van der Waals surface area contributed by atoms with Crippen molar-refractivity contribution in [1.29, 1.82) is 0 Å². The number of pyridine rings is 1. The van der Waals surface area contributed by atoms with Crippen molar-refractivity contribution >= 4 is 32.7 Å². The maximum Gasteiger partial charge on any atom is 0.139 e. The third-order valence-electron chi connectivity index (χ3n) is 7.21. The predicted molar refractivity (Wildman–Crippen MR) is 154 cm³/mol. The predicted octanol–water partition coefficient (Wildman–Crippen LogP) is 9.87. The number of hydrogen-bond donors (Lipinski definition) is 0. The topological polar surface area (TPSA) is 39.2 Å². The van der Waals surface area contributed by atoms with Gasteiger partial charge in [-0.25, -0.2) is 0 Å². The lowest BCUT2D eigenvalue weighted by molar-refractivity contribution is 0.573. The van der Waals surface area contributed by atoms with Crippen molar-refractivity contribution in [2.45, 2.75) is 53.4 Å². The molecular formula is C34H33NO2. The lowest BCUT2D eigenvalue weighted by Crippen LogP contribution is -2.12. The molecule has 0 aliphatic heterocycles. The van der Waals surface area contributed by atoms with Crippen LogP contribution in [0.2, 0.25) is 0 Å². The number of benzene rings is 3. The van der Waals surface area contributed by atoms with Crippen LogP contribution in [0.5, 0.6) is 0 Å². The van der Waals surface area contributed by atoms with Crippen molar-refractivity contribution in [3.63, 3.8) is 0 Å². The number of nitrogens with zero attached hydrogens (tertiary/aromatic N) is 1. The van der Waals surface area contributed by atoms with Crippen LogP contribution in [-0.2, 0) is 11.8 Å². The second-order valence-electron chi connectivity index (χ2n) is 11.6. The van der Waals surface area contributed by atoms with Crippen LogP contribution in [0.15, 0.2) is 81.8 Å². The summed E-state index contributed by atoms with van der Waals surface area (Å²) in [5.74, 6) is 2.28. The van der Waals surface area contributed by atoms with Crippen molar-refractivity contribution in [1.82, 2.24) is 4.98 Å². The zero-order valence-corrected chi connectivity index (χ0v) is 22.5. The number of aromatic nitrogens is 1. The third-order valence-corrected chi connectivity index (χ3v) is 7.21. The molecule has 37 heavy (non-hydrogen) atoms. The van der Waals surface area contributed by atoms with Gasteiger partial charge >= 0.3 is 0 Å². The molecule has 0 saturated carbocycles. The summed E-state index contributed by atoms with van der Waals surface area (Å²) < 4.78 is 12.6. The molecule has 0 amide bonds. The van der Waals surface area contributed by atoms with Gasteiger partial charge in [0.05, 0.1) is 11.3 Å². The van der Waals surface area contributed by atoms with E-state index < -0.39 is 0 Å². The first-order valence-corrected chi connectivity index (χ1v) is 13.1. The molecule has 0 N–H and O–H groups in total. The van der Waals surface area contributed by atoms with Crippen LogP contribution in [0.1, 0.15) is 51.5 Å². The third kappa shape index (κ3) is 4.13. The van der Waals surface area contributed by atoms with Crippen LogP contribution < -0.4 is 0 Å². The molecule has 0 bridgehead atoms. The molecule has 6 rings (SSSR count). The molecule has 0 aliphatic carbocycles. The van der Waals surface area contributed by atoms with Crippen molar-refractivity contribution in [3.05, 3.63) is 89.8 Å². The number of aryl methyl sites for hydroxylation is 1. The summed E-state index contributed by atoms with van der Waals surface area (Å²) in [6, 6.07) is 23.8. The second kappa shape index (κ2) is 8.62. The molecule has 3 heterocycles. The number of fused-ring (bicyclic) bond motifs is 3. The number of hydrogen-bond acceptors (Lipinski definition) is 3. The summed E-state index contributed by atoms with van der Waals surface area (Å²) in [5, 5.41) is 4.63. The summed E-state index contributed by atoms with van der Waals surface area (Å²) >= 11 is 0. The van der Waals surface area contributed by atoms with E-state index in [9.17, 15) is 0 Å². The number of rotatable bonds is 4. The van der Waals surface area contributed by atoms with Gasteiger partial charge in [0.15, 0.2) is 0 Å². The first kappa shape index (κ1) is 23.5. The highest BCUT2D eigenvalue weighted by molar-refractivity contribution is 6.01. The molecule has 0 unspecified atom stereocenters. The molecule has 3 heteroatoms. The van der Waals surface area contributed by atoms with E-state index in [-0.39, 0.29) is 5.41 Å². The molecule has 3 aromatic carbocycles. The van der Waals surface area contributed by atoms with Crippen molar-refractivity contribution in [2.24, 2.45) is 5.92 Å². The minimum Gasteiger partial charge on any atom is -0.461 e. The van der Waals surface area contributed by atoms with E-state index in [1.807, 2.05) is 19.2 Å². The Hall–Kier alpha value is -3.85. The highest BCUT2D eigenvalue weighted by Crippen LogP contribution is 2.41. The Balaban J connectivity index is 1.55. The minimum absolute atomic E-state index is 0.00554. The molecule has 3 nitrogen and oxygen atoms in total. The van der Waals surface area contributed by atoms with E-state index in [0.717, 1.165) is 56.7 Å². The van der Waals surface area contributed by atoms with E-state index in [1.165, 1.54) is 21.9 Å². The van der Waals surface area contributed by atoms with Gasteiger partial charge in [-0.05, 0) is 83.0 Å². The second-order valence-corrected chi connectivity index (χ2v) is 11.6. The van der Waals surface area contributed by atoms with E-state index in [2.05, 4.69) is 95.3 Å². The average molecular weight is 488 g/mol. The molecule has 0 radical (unpaired) electrons. The maximum atomic E-state index is 6.47. The molecular weight excluding hydrogens is 454 g/mol. The van der Waals surface area contributed by atoms with Gasteiger partial charge in [-0.15, -0.1) is 0 Å². The molecule has 6 aromatic rings. The van der Waals surface area contributed by atoms with Gasteiger partial charge in [0.25, 0.3) is 0 Å². The summed E-state index contributed by atoms with van der Waals surface area (Å²) in [5.41, 5.74) is 7.43. The lowest BCUT2D eigenvalue weighted by Gasteiger charge is -2.22.